The minimum absolute atomic E-state index is 0.154. The fourth-order valence-corrected chi connectivity index (χ4v) is 3.78. The molecule has 2 aromatic heterocycles. The highest BCUT2D eigenvalue weighted by Gasteiger charge is 2.25. The summed E-state index contributed by atoms with van der Waals surface area (Å²) in [7, 11) is 1.81. The Hall–Kier alpha value is -3.18. The Labute approximate surface area is 174 Å². The van der Waals surface area contributed by atoms with E-state index < -0.39 is 5.92 Å². The summed E-state index contributed by atoms with van der Waals surface area (Å²) in [5.41, 5.74) is 4.12. The fourth-order valence-electron chi connectivity index (χ4n) is 3.64. The zero-order valence-electron chi connectivity index (χ0n) is 16.5. The van der Waals surface area contributed by atoms with E-state index in [1.807, 2.05) is 81.6 Å². The summed E-state index contributed by atoms with van der Waals surface area (Å²) in [5.74, 6) is -0.140. The van der Waals surface area contributed by atoms with Crippen molar-refractivity contribution in [1.82, 2.24) is 14.8 Å². The minimum atomic E-state index is -0.455. The van der Waals surface area contributed by atoms with Crippen LogP contribution in [0.3, 0.4) is 0 Å². The van der Waals surface area contributed by atoms with Crippen LogP contribution in [0.1, 0.15) is 28.3 Å². The molecule has 0 saturated heterocycles. The molecule has 0 spiro atoms. The molecule has 1 N–H and O–H groups in total. The number of benzene rings is 2. The first-order valence-corrected chi connectivity index (χ1v) is 9.75. The second-order valence-corrected chi connectivity index (χ2v) is 7.43. The van der Waals surface area contributed by atoms with E-state index in [9.17, 15) is 4.79 Å². The lowest BCUT2D eigenvalue weighted by Gasteiger charge is -2.17. The second-order valence-electron chi connectivity index (χ2n) is 7.05. The molecule has 146 valence electrons. The fraction of sp³-hybridized carbons (Fsp3) is 0.174. The van der Waals surface area contributed by atoms with Gasteiger partial charge in [0, 0.05) is 7.05 Å². The molecule has 0 radical (unpaired) electrons. The average Bonchev–Trinajstić information content (AvgIpc) is 3.03. The van der Waals surface area contributed by atoms with Gasteiger partial charge in [0.05, 0.1) is 22.0 Å². The molecule has 0 aliphatic carbocycles. The smallest absolute Gasteiger partial charge is 0.237 e. The number of amides is 1. The Balaban J connectivity index is 1.79. The van der Waals surface area contributed by atoms with Crippen LogP contribution in [0.4, 0.5) is 5.82 Å². The maximum atomic E-state index is 13.4. The molecule has 0 fully saturated rings. The van der Waals surface area contributed by atoms with Crippen molar-refractivity contribution in [1.29, 1.82) is 0 Å². The summed E-state index contributed by atoms with van der Waals surface area (Å²) in [6.07, 6.45) is 0. The monoisotopic (exact) mass is 404 g/mol. The van der Waals surface area contributed by atoms with E-state index in [4.69, 9.17) is 11.6 Å². The number of rotatable bonds is 4. The van der Waals surface area contributed by atoms with E-state index >= 15 is 0 Å². The van der Waals surface area contributed by atoms with Crippen LogP contribution in [0.2, 0.25) is 5.02 Å². The Morgan fingerprint density at radius 1 is 1.00 bits per heavy atom. The minimum Gasteiger partial charge on any atom is -0.308 e. The summed E-state index contributed by atoms with van der Waals surface area (Å²) in [6.45, 7) is 3.78. The van der Waals surface area contributed by atoms with E-state index in [1.54, 1.807) is 4.68 Å². The van der Waals surface area contributed by atoms with Crippen LogP contribution in [-0.4, -0.2) is 20.7 Å². The van der Waals surface area contributed by atoms with Crippen molar-refractivity contribution in [2.45, 2.75) is 19.8 Å². The molecule has 4 aromatic rings. The maximum absolute atomic E-state index is 13.4. The number of fused-ring (bicyclic) bond motifs is 1. The molecule has 0 bridgehead atoms. The number of halogens is 1. The molecular formula is C23H21ClN4O. The highest BCUT2D eigenvalue weighted by molar-refractivity contribution is 6.33. The number of aryl methyl sites for hydroxylation is 3. The first-order chi connectivity index (χ1) is 14.0. The van der Waals surface area contributed by atoms with E-state index in [0.717, 1.165) is 27.8 Å². The second kappa shape index (κ2) is 7.68. The van der Waals surface area contributed by atoms with Crippen molar-refractivity contribution in [2.24, 2.45) is 7.05 Å². The van der Waals surface area contributed by atoms with Gasteiger partial charge in [0.25, 0.3) is 0 Å². The maximum Gasteiger partial charge on any atom is 0.237 e. The first-order valence-electron chi connectivity index (χ1n) is 9.37. The number of carbonyl (C=O) groups is 1. The van der Waals surface area contributed by atoms with Crippen molar-refractivity contribution in [3.05, 3.63) is 88.1 Å². The van der Waals surface area contributed by atoms with Gasteiger partial charge < -0.3 is 5.32 Å². The molecule has 0 aliphatic rings. The van der Waals surface area contributed by atoms with Crippen LogP contribution in [0.15, 0.2) is 60.7 Å². The summed E-state index contributed by atoms with van der Waals surface area (Å²) in [5, 5.41) is 8.87. The number of hydrogen-bond acceptors (Lipinski definition) is 3. The van der Waals surface area contributed by atoms with Gasteiger partial charge in [0.1, 0.15) is 0 Å². The van der Waals surface area contributed by atoms with Gasteiger partial charge >= 0.3 is 0 Å². The lowest BCUT2D eigenvalue weighted by molar-refractivity contribution is -0.116. The lowest BCUT2D eigenvalue weighted by Crippen LogP contribution is -2.22. The SMILES string of the molecule is Cc1nc2c(c(NC(=O)C(c3ccccc3)c3ccccc3)nn2C)c(C)c1Cl. The number of carbonyl (C=O) groups excluding carboxylic acids is 1. The van der Waals surface area contributed by atoms with Crippen molar-refractivity contribution in [3.63, 3.8) is 0 Å². The number of anilines is 1. The predicted octanol–water partition coefficient (Wildman–Crippen LogP) is 5.01. The standard InChI is InChI=1S/C23H21ClN4O/c1-14-18-21(27-28(3)22(18)25-15(2)20(14)24)26-23(29)19(16-10-6-4-7-11-16)17-12-8-5-9-13-17/h4-13,19H,1-3H3,(H,26,27,29). The molecule has 0 saturated carbocycles. The molecule has 6 heteroatoms. The number of pyridine rings is 1. The third-order valence-electron chi connectivity index (χ3n) is 5.08. The largest absolute Gasteiger partial charge is 0.308 e. The third-order valence-corrected chi connectivity index (χ3v) is 5.64. The Bertz CT molecular complexity index is 1150. The zero-order chi connectivity index (χ0) is 20.5. The number of aromatic nitrogens is 3. The molecule has 5 nitrogen and oxygen atoms in total. The van der Waals surface area contributed by atoms with E-state index in [1.165, 1.54) is 0 Å². The highest BCUT2D eigenvalue weighted by Crippen LogP contribution is 2.33. The number of nitrogens with zero attached hydrogens (tertiary/aromatic N) is 3. The molecule has 0 atom stereocenters. The summed E-state index contributed by atoms with van der Waals surface area (Å²) in [6, 6.07) is 19.5. The van der Waals surface area contributed by atoms with Crippen molar-refractivity contribution in [3.8, 4) is 0 Å². The molecule has 0 unspecified atom stereocenters. The van der Waals surface area contributed by atoms with Crippen LogP contribution in [0.5, 0.6) is 0 Å². The summed E-state index contributed by atoms with van der Waals surface area (Å²) >= 11 is 6.42. The van der Waals surface area contributed by atoms with Gasteiger partial charge in [-0.15, -0.1) is 0 Å². The highest BCUT2D eigenvalue weighted by atomic mass is 35.5. The van der Waals surface area contributed by atoms with E-state index in [0.29, 0.717) is 16.5 Å². The molecule has 2 aromatic carbocycles. The Morgan fingerprint density at radius 3 is 2.10 bits per heavy atom. The number of nitrogens with one attached hydrogen (secondary N) is 1. The summed E-state index contributed by atoms with van der Waals surface area (Å²) < 4.78 is 1.67. The van der Waals surface area contributed by atoms with Crippen LogP contribution in [0, 0.1) is 13.8 Å². The van der Waals surface area contributed by atoms with Crippen molar-refractivity contribution < 1.29 is 4.79 Å². The van der Waals surface area contributed by atoms with Gasteiger partial charge in [-0.1, -0.05) is 72.3 Å². The molecule has 4 rings (SSSR count). The Kier molecular flexibility index (Phi) is 5.07. The zero-order valence-corrected chi connectivity index (χ0v) is 17.2. The molecule has 2 heterocycles. The molecular weight excluding hydrogens is 384 g/mol. The van der Waals surface area contributed by atoms with Gasteiger partial charge in [0.2, 0.25) is 5.91 Å². The van der Waals surface area contributed by atoms with Crippen molar-refractivity contribution >= 4 is 34.4 Å². The van der Waals surface area contributed by atoms with E-state index in [2.05, 4.69) is 15.4 Å². The topological polar surface area (TPSA) is 59.8 Å². The number of hydrogen-bond donors (Lipinski definition) is 1. The normalized spacial score (nSPS) is 11.2. The quantitative estimate of drug-likeness (QED) is 0.520. The Morgan fingerprint density at radius 2 is 1.55 bits per heavy atom. The molecule has 29 heavy (non-hydrogen) atoms. The summed E-state index contributed by atoms with van der Waals surface area (Å²) in [4.78, 5) is 18.0. The van der Waals surface area contributed by atoms with Crippen LogP contribution in [0.25, 0.3) is 11.0 Å². The van der Waals surface area contributed by atoms with Gasteiger partial charge in [-0.3, -0.25) is 4.79 Å². The van der Waals surface area contributed by atoms with Crippen LogP contribution < -0.4 is 5.32 Å². The molecule has 0 aliphatic heterocycles. The van der Waals surface area contributed by atoms with Gasteiger partial charge in [-0.2, -0.15) is 5.10 Å². The van der Waals surface area contributed by atoms with Crippen LogP contribution in [-0.2, 0) is 11.8 Å². The third kappa shape index (κ3) is 3.49. The van der Waals surface area contributed by atoms with Crippen LogP contribution >= 0.6 is 11.6 Å². The lowest BCUT2D eigenvalue weighted by atomic mass is 9.90. The molecule has 1 amide bonds. The predicted molar refractivity (Wildman–Crippen MR) is 116 cm³/mol. The average molecular weight is 405 g/mol. The van der Waals surface area contributed by atoms with E-state index in [-0.39, 0.29) is 5.91 Å². The van der Waals surface area contributed by atoms with Gasteiger partial charge in [-0.25, -0.2) is 9.67 Å². The van der Waals surface area contributed by atoms with Crippen molar-refractivity contribution in [2.75, 3.05) is 5.32 Å². The first kappa shape index (κ1) is 19.2. The van der Waals surface area contributed by atoms with Gasteiger partial charge in [0.15, 0.2) is 11.5 Å². The van der Waals surface area contributed by atoms with Gasteiger partial charge in [-0.05, 0) is 30.5 Å².